The third-order valence-electron chi connectivity index (χ3n) is 2.60. The second-order valence-electron chi connectivity index (χ2n) is 3.92. The molecule has 0 fully saturated rings. The summed E-state index contributed by atoms with van der Waals surface area (Å²) in [5.41, 5.74) is 8.76. The van der Waals surface area contributed by atoms with Gasteiger partial charge in [0.2, 0.25) is 0 Å². The third-order valence-corrected chi connectivity index (χ3v) is 2.60. The van der Waals surface area contributed by atoms with Crippen molar-refractivity contribution < 1.29 is 5.11 Å². The molecule has 0 radical (unpaired) electrons. The summed E-state index contributed by atoms with van der Waals surface area (Å²) in [7, 11) is 0. The number of phenols is 1. The molecule has 0 unspecified atom stereocenters. The van der Waals surface area contributed by atoms with Gasteiger partial charge in [0.25, 0.3) is 0 Å². The van der Waals surface area contributed by atoms with Crippen LogP contribution in [0.15, 0.2) is 48.5 Å². The predicted octanol–water partition coefficient (Wildman–Crippen LogP) is 2.46. The first kappa shape index (κ1) is 11.5. The second kappa shape index (κ2) is 5.37. The smallest absolute Gasteiger partial charge is 0.117 e. The Hall–Kier alpha value is -2.00. The third kappa shape index (κ3) is 3.23. The molecule has 0 bridgehead atoms. The van der Waals surface area contributed by atoms with Gasteiger partial charge in [0.15, 0.2) is 0 Å². The lowest BCUT2D eigenvalue weighted by Gasteiger charge is -2.07. The minimum atomic E-state index is 0.272. The van der Waals surface area contributed by atoms with Gasteiger partial charge >= 0.3 is 0 Å². The zero-order valence-corrected chi connectivity index (χ0v) is 9.56. The van der Waals surface area contributed by atoms with E-state index < -0.39 is 0 Å². The zero-order valence-electron chi connectivity index (χ0n) is 9.56. The number of anilines is 1. The first-order chi connectivity index (χ1) is 8.28. The molecule has 2 rings (SSSR count). The maximum absolute atomic E-state index is 9.32. The van der Waals surface area contributed by atoms with E-state index in [-0.39, 0.29) is 5.75 Å². The lowest BCUT2D eigenvalue weighted by molar-refractivity contribution is 0.475. The molecule has 0 saturated carbocycles. The maximum Gasteiger partial charge on any atom is 0.117 e. The summed E-state index contributed by atoms with van der Waals surface area (Å²) in [6.07, 6.45) is 0. The van der Waals surface area contributed by atoms with Crippen LogP contribution in [0.25, 0.3) is 0 Å². The number of phenolic OH excluding ortho intramolecular Hbond substituents is 1. The average Bonchev–Trinajstić information content (AvgIpc) is 2.37. The lowest BCUT2D eigenvalue weighted by Crippen LogP contribution is -2.00. The summed E-state index contributed by atoms with van der Waals surface area (Å²) in [5.74, 6) is 0.272. The van der Waals surface area contributed by atoms with Crippen LogP contribution in [0.2, 0.25) is 0 Å². The number of aromatic hydroxyl groups is 1. The monoisotopic (exact) mass is 228 g/mol. The standard InChI is InChI=1S/C14H16N2O/c15-9-11-4-6-12(7-5-11)10-16-13-2-1-3-14(17)8-13/h1-8,16-17H,9-10,15H2. The molecule has 0 spiro atoms. The maximum atomic E-state index is 9.32. The molecule has 2 aromatic rings. The van der Waals surface area contributed by atoms with Crippen molar-refractivity contribution in [1.82, 2.24) is 0 Å². The molecule has 0 saturated heterocycles. The van der Waals surface area contributed by atoms with Crippen LogP contribution >= 0.6 is 0 Å². The van der Waals surface area contributed by atoms with Gasteiger partial charge in [-0.05, 0) is 23.3 Å². The van der Waals surface area contributed by atoms with E-state index in [9.17, 15) is 5.11 Å². The molecule has 0 aliphatic heterocycles. The highest BCUT2D eigenvalue weighted by atomic mass is 16.3. The van der Waals surface area contributed by atoms with Crippen LogP contribution in [-0.4, -0.2) is 5.11 Å². The Labute approximate surface area is 101 Å². The molecule has 4 N–H and O–H groups in total. The molecular weight excluding hydrogens is 212 g/mol. The highest BCUT2D eigenvalue weighted by molar-refractivity contribution is 5.48. The molecule has 3 nitrogen and oxygen atoms in total. The Kier molecular flexibility index (Phi) is 3.62. The van der Waals surface area contributed by atoms with E-state index in [0.717, 1.165) is 17.8 Å². The fourth-order valence-corrected chi connectivity index (χ4v) is 1.61. The van der Waals surface area contributed by atoms with Crippen LogP contribution in [-0.2, 0) is 13.1 Å². The molecule has 0 aromatic heterocycles. The fraction of sp³-hybridized carbons (Fsp3) is 0.143. The van der Waals surface area contributed by atoms with Gasteiger partial charge < -0.3 is 16.2 Å². The molecule has 2 aromatic carbocycles. The Balaban J connectivity index is 1.97. The van der Waals surface area contributed by atoms with Crippen LogP contribution in [0.4, 0.5) is 5.69 Å². The van der Waals surface area contributed by atoms with Crippen LogP contribution in [0.5, 0.6) is 5.75 Å². The van der Waals surface area contributed by atoms with E-state index in [4.69, 9.17) is 5.73 Å². The highest BCUT2D eigenvalue weighted by Crippen LogP contribution is 2.16. The number of hydrogen-bond acceptors (Lipinski definition) is 3. The largest absolute Gasteiger partial charge is 0.508 e. The molecule has 17 heavy (non-hydrogen) atoms. The van der Waals surface area contributed by atoms with Gasteiger partial charge in [0, 0.05) is 24.8 Å². The van der Waals surface area contributed by atoms with Gasteiger partial charge in [-0.2, -0.15) is 0 Å². The molecule has 0 aliphatic rings. The number of hydrogen-bond donors (Lipinski definition) is 3. The van der Waals surface area contributed by atoms with Crippen molar-refractivity contribution in [1.29, 1.82) is 0 Å². The summed E-state index contributed by atoms with van der Waals surface area (Å²) in [4.78, 5) is 0. The number of benzene rings is 2. The molecule has 88 valence electrons. The summed E-state index contributed by atoms with van der Waals surface area (Å²) >= 11 is 0. The minimum Gasteiger partial charge on any atom is -0.508 e. The van der Waals surface area contributed by atoms with Crippen molar-refractivity contribution in [2.45, 2.75) is 13.1 Å². The SMILES string of the molecule is NCc1ccc(CNc2cccc(O)c2)cc1. The minimum absolute atomic E-state index is 0.272. The number of rotatable bonds is 4. The van der Waals surface area contributed by atoms with E-state index in [1.807, 2.05) is 24.3 Å². The van der Waals surface area contributed by atoms with E-state index in [1.54, 1.807) is 12.1 Å². The van der Waals surface area contributed by atoms with Crippen molar-refractivity contribution in [3.63, 3.8) is 0 Å². The predicted molar refractivity (Wildman–Crippen MR) is 69.8 cm³/mol. The van der Waals surface area contributed by atoms with E-state index in [1.165, 1.54) is 5.56 Å². The van der Waals surface area contributed by atoms with Crippen LogP contribution in [0.3, 0.4) is 0 Å². The second-order valence-corrected chi connectivity index (χ2v) is 3.92. The summed E-state index contributed by atoms with van der Waals surface area (Å²) in [6, 6.07) is 15.3. The van der Waals surface area contributed by atoms with Crippen LogP contribution in [0.1, 0.15) is 11.1 Å². The molecule has 0 atom stereocenters. The van der Waals surface area contributed by atoms with Crippen molar-refractivity contribution >= 4 is 5.69 Å². The fourth-order valence-electron chi connectivity index (χ4n) is 1.61. The Morgan fingerprint density at radius 2 is 1.71 bits per heavy atom. The lowest BCUT2D eigenvalue weighted by atomic mass is 10.1. The van der Waals surface area contributed by atoms with Gasteiger partial charge in [-0.1, -0.05) is 30.3 Å². The topological polar surface area (TPSA) is 58.3 Å². The van der Waals surface area contributed by atoms with E-state index >= 15 is 0 Å². The van der Waals surface area contributed by atoms with Crippen LogP contribution < -0.4 is 11.1 Å². The summed E-state index contributed by atoms with van der Waals surface area (Å²) in [5, 5.41) is 12.6. The van der Waals surface area contributed by atoms with Crippen molar-refractivity contribution in [2.24, 2.45) is 5.73 Å². The first-order valence-electron chi connectivity index (χ1n) is 5.59. The normalized spacial score (nSPS) is 10.2. The van der Waals surface area contributed by atoms with Crippen molar-refractivity contribution in [3.05, 3.63) is 59.7 Å². The Morgan fingerprint density at radius 1 is 1.00 bits per heavy atom. The average molecular weight is 228 g/mol. The highest BCUT2D eigenvalue weighted by Gasteiger charge is 1.96. The van der Waals surface area contributed by atoms with Crippen molar-refractivity contribution in [2.75, 3.05) is 5.32 Å². The Morgan fingerprint density at radius 3 is 2.35 bits per heavy atom. The zero-order chi connectivity index (χ0) is 12.1. The summed E-state index contributed by atoms with van der Waals surface area (Å²) < 4.78 is 0. The van der Waals surface area contributed by atoms with E-state index in [2.05, 4.69) is 17.4 Å². The number of nitrogens with one attached hydrogen (secondary N) is 1. The van der Waals surface area contributed by atoms with Gasteiger partial charge in [-0.15, -0.1) is 0 Å². The quantitative estimate of drug-likeness (QED) is 0.753. The van der Waals surface area contributed by atoms with Crippen molar-refractivity contribution in [3.8, 4) is 5.75 Å². The molecule has 0 aliphatic carbocycles. The summed E-state index contributed by atoms with van der Waals surface area (Å²) in [6.45, 7) is 1.30. The van der Waals surface area contributed by atoms with Gasteiger partial charge in [-0.3, -0.25) is 0 Å². The Bertz CT molecular complexity index is 480. The molecule has 3 heteroatoms. The van der Waals surface area contributed by atoms with Gasteiger partial charge in [0.1, 0.15) is 5.75 Å². The molecular formula is C14H16N2O. The first-order valence-corrected chi connectivity index (χ1v) is 5.59. The molecule has 0 heterocycles. The molecule has 0 amide bonds. The van der Waals surface area contributed by atoms with Crippen LogP contribution in [0, 0.1) is 0 Å². The number of nitrogens with two attached hydrogens (primary N) is 1. The van der Waals surface area contributed by atoms with Gasteiger partial charge in [-0.25, -0.2) is 0 Å². The van der Waals surface area contributed by atoms with Gasteiger partial charge in [0.05, 0.1) is 0 Å². The van der Waals surface area contributed by atoms with E-state index in [0.29, 0.717) is 6.54 Å².